The topological polar surface area (TPSA) is 62.2 Å². The minimum Gasteiger partial charge on any atom is -0.505 e. The summed E-state index contributed by atoms with van der Waals surface area (Å²) in [4.78, 5) is 15.6. The number of amides is 1. The molecule has 0 radical (unpaired) electrons. The van der Waals surface area contributed by atoms with Crippen LogP contribution in [0, 0.1) is 5.92 Å². The largest absolute Gasteiger partial charge is 0.505 e. The first kappa shape index (κ1) is 13.1. The maximum absolute atomic E-state index is 11.9. The Hall–Kier alpha value is -1.29. The summed E-state index contributed by atoms with van der Waals surface area (Å²) in [6.07, 6.45) is 7.00. The molecule has 2 unspecified atom stereocenters. The number of alkyl halides is 1. The van der Waals surface area contributed by atoms with Crippen molar-refractivity contribution in [1.29, 1.82) is 0 Å². The van der Waals surface area contributed by atoms with Gasteiger partial charge in [-0.3, -0.25) is 9.78 Å². The Morgan fingerprint density at radius 1 is 1.56 bits per heavy atom. The average molecular weight is 269 g/mol. The van der Waals surface area contributed by atoms with Gasteiger partial charge in [-0.1, -0.05) is 6.42 Å². The summed E-state index contributed by atoms with van der Waals surface area (Å²) in [5.41, 5.74) is 0.267. The number of nitrogens with one attached hydrogen (secondary N) is 1. The van der Waals surface area contributed by atoms with Crippen molar-refractivity contribution in [2.75, 3.05) is 6.54 Å². The van der Waals surface area contributed by atoms with Gasteiger partial charge in [0.05, 0.1) is 11.8 Å². The third kappa shape index (κ3) is 3.35. The van der Waals surface area contributed by atoms with Crippen LogP contribution >= 0.6 is 11.6 Å². The van der Waals surface area contributed by atoms with Gasteiger partial charge in [-0.05, 0) is 31.2 Å². The standard InChI is InChI=1S/C13H17ClN2O2/c14-10-3-1-2-9(6-10)7-16-13(18)11-4-5-15-8-12(11)17/h4-5,8-10,17H,1-3,6-7H2,(H,16,18). The van der Waals surface area contributed by atoms with Gasteiger partial charge in [0.2, 0.25) is 0 Å². The van der Waals surface area contributed by atoms with E-state index in [1.54, 1.807) is 0 Å². The number of hydrogen-bond acceptors (Lipinski definition) is 3. The van der Waals surface area contributed by atoms with Gasteiger partial charge < -0.3 is 10.4 Å². The fourth-order valence-corrected chi connectivity index (χ4v) is 2.73. The lowest BCUT2D eigenvalue weighted by Crippen LogP contribution is -2.32. The van der Waals surface area contributed by atoms with Crippen molar-refractivity contribution in [3.05, 3.63) is 24.0 Å². The summed E-state index contributed by atoms with van der Waals surface area (Å²) in [7, 11) is 0. The van der Waals surface area contributed by atoms with Gasteiger partial charge in [-0.2, -0.15) is 0 Å². The number of halogens is 1. The SMILES string of the molecule is O=C(NCC1CCCC(Cl)C1)c1ccncc1O. The summed E-state index contributed by atoms with van der Waals surface area (Å²) >= 11 is 6.11. The predicted octanol–water partition coefficient (Wildman–Crippen LogP) is 2.31. The summed E-state index contributed by atoms with van der Waals surface area (Å²) < 4.78 is 0. The van der Waals surface area contributed by atoms with Crippen molar-refractivity contribution in [2.24, 2.45) is 5.92 Å². The van der Waals surface area contributed by atoms with E-state index in [9.17, 15) is 9.90 Å². The molecule has 2 N–H and O–H groups in total. The van der Waals surface area contributed by atoms with Crippen LogP contribution in [0.15, 0.2) is 18.5 Å². The molecule has 1 aromatic rings. The van der Waals surface area contributed by atoms with Crippen LogP contribution < -0.4 is 5.32 Å². The molecule has 0 bridgehead atoms. The van der Waals surface area contributed by atoms with Crippen LogP contribution in [-0.4, -0.2) is 27.9 Å². The number of rotatable bonds is 3. The molecular weight excluding hydrogens is 252 g/mol. The van der Waals surface area contributed by atoms with Gasteiger partial charge in [0, 0.05) is 18.1 Å². The number of carbonyl (C=O) groups is 1. The lowest BCUT2D eigenvalue weighted by Gasteiger charge is -2.25. The number of pyridine rings is 1. The van der Waals surface area contributed by atoms with Gasteiger partial charge in [-0.25, -0.2) is 0 Å². The van der Waals surface area contributed by atoms with E-state index in [0.29, 0.717) is 12.5 Å². The van der Waals surface area contributed by atoms with Gasteiger partial charge in [0.15, 0.2) is 0 Å². The zero-order valence-electron chi connectivity index (χ0n) is 10.1. The maximum Gasteiger partial charge on any atom is 0.255 e. The van der Waals surface area contributed by atoms with Gasteiger partial charge in [-0.15, -0.1) is 11.6 Å². The van der Waals surface area contributed by atoms with E-state index in [1.807, 2.05) is 0 Å². The highest BCUT2D eigenvalue weighted by atomic mass is 35.5. The lowest BCUT2D eigenvalue weighted by atomic mass is 9.89. The Labute approximate surface area is 111 Å². The van der Waals surface area contributed by atoms with Crippen molar-refractivity contribution in [1.82, 2.24) is 10.3 Å². The Balaban J connectivity index is 1.87. The Morgan fingerprint density at radius 3 is 3.11 bits per heavy atom. The third-order valence-electron chi connectivity index (χ3n) is 3.31. The molecule has 0 saturated heterocycles. The van der Waals surface area contributed by atoms with Gasteiger partial charge >= 0.3 is 0 Å². The lowest BCUT2D eigenvalue weighted by molar-refractivity contribution is 0.0941. The van der Waals surface area contributed by atoms with Crippen molar-refractivity contribution in [2.45, 2.75) is 31.1 Å². The van der Waals surface area contributed by atoms with E-state index in [0.717, 1.165) is 25.7 Å². The number of carbonyl (C=O) groups excluding carboxylic acids is 1. The molecule has 1 aliphatic carbocycles. The fraction of sp³-hybridized carbons (Fsp3) is 0.538. The Bertz CT molecular complexity index is 425. The quantitative estimate of drug-likeness (QED) is 0.827. The Kier molecular flexibility index (Phi) is 4.42. The second kappa shape index (κ2) is 6.05. The first-order chi connectivity index (χ1) is 8.66. The monoisotopic (exact) mass is 268 g/mol. The van der Waals surface area contributed by atoms with Crippen molar-refractivity contribution in [3.63, 3.8) is 0 Å². The molecular formula is C13H17ClN2O2. The summed E-state index contributed by atoms with van der Waals surface area (Å²) in [5.74, 6) is 0.0923. The summed E-state index contributed by atoms with van der Waals surface area (Å²) in [5, 5.41) is 12.6. The van der Waals surface area contributed by atoms with E-state index in [2.05, 4.69) is 10.3 Å². The number of aromatic nitrogens is 1. The van der Waals surface area contributed by atoms with Crippen LogP contribution in [0.25, 0.3) is 0 Å². The molecule has 1 fully saturated rings. The van der Waals surface area contributed by atoms with Crippen LogP contribution in [0.2, 0.25) is 0 Å². The van der Waals surface area contributed by atoms with Crippen LogP contribution in [0.5, 0.6) is 5.75 Å². The summed E-state index contributed by atoms with van der Waals surface area (Å²) in [6.45, 7) is 0.615. The second-order valence-electron chi connectivity index (χ2n) is 4.73. The second-order valence-corrected chi connectivity index (χ2v) is 5.35. The predicted molar refractivity (Wildman–Crippen MR) is 69.8 cm³/mol. The van der Waals surface area contributed by atoms with Crippen LogP contribution in [-0.2, 0) is 0 Å². The molecule has 4 nitrogen and oxygen atoms in total. The number of aromatic hydroxyl groups is 1. The van der Waals surface area contributed by atoms with Crippen LogP contribution in [0.4, 0.5) is 0 Å². The highest BCUT2D eigenvalue weighted by molar-refractivity contribution is 6.20. The molecule has 1 saturated carbocycles. The fourth-order valence-electron chi connectivity index (χ4n) is 2.32. The zero-order chi connectivity index (χ0) is 13.0. The van der Waals surface area contributed by atoms with Gasteiger partial charge in [0.25, 0.3) is 5.91 Å². The molecule has 0 aromatic carbocycles. The average Bonchev–Trinajstić information content (AvgIpc) is 2.37. The number of hydrogen-bond donors (Lipinski definition) is 2. The number of nitrogens with zero attached hydrogens (tertiary/aromatic N) is 1. The normalized spacial score (nSPS) is 23.6. The minimum atomic E-state index is -0.258. The summed E-state index contributed by atoms with van der Waals surface area (Å²) in [6, 6.07) is 1.51. The van der Waals surface area contributed by atoms with E-state index in [1.165, 1.54) is 18.5 Å². The molecule has 1 amide bonds. The third-order valence-corrected chi connectivity index (χ3v) is 3.71. The first-order valence-electron chi connectivity index (χ1n) is 6.22. The van der Waals surface area contributed by atoms with Gasteiger partial charge in [0.1, 0.15) is 5.75 Å². The smallest absolute Gasteiger partial charge is 0.255 e. The molecule has 18 heavy (non-hydrogen) atoms. The highest BCUT2D eigenvalue weighted by Crippen LogP contribution is 2.27. The molecule has 0 aliphatic heterocycles. The van der Waals surface area contributed by atoms with E-state index in [-0.39, 0.29) is 22.6 Å². The van der Waals surface area contributed by atoms with Crippen LogP contribution in [0.1, 0.15) is 36.0 Å². The molecule has 0 spiro atoms. The molecule has 1 aliphatic rings. The molecule has 5 heteroatoms. The van der Waals surface area contributed by atoms with Crippen molar-refractivity contribution in [3.8, 4) is 5.75 Å². The van der Waals surface area contributed by atoms with Crippen molar-refractivity contribution >= 4 is 17.5 Å². The zero-order valence-corrected chi connectivity index (χ0v) is 10.9. The Morgan fingerprint density at radius 2 is 2.39 bits per heavy atom. The molecule has 98 valence electrons. The molecule has 2 rings (SSSR count). The van der Waals surface area contributed by atoms with Crippen molar-refractivity contribution < 1.29 is 9.90 Å². The molecule has 1 aromatic heterocycles. The first-order valence-corrected chi connectivity index (χ1v) is 6.65. The van der Waals surface area contributed by atoms with E-state index >= 15 is 0 Å². The van der Waals surface area contributed by atoms with Crippen LogP contribution in [0.3, 0.4) is 0 Å². The molecule has 2 atom stereocenters. The van der Waals surface area contributed by atoms with E-state index < -0.39 is 0 Å². The van der Waals surface area contributed by atoms with E-state index in [4.69, 9.17) is 11.6 Å². The molecule has 1 heterocycles. The highest BCUT2D eigenvalue weighted by Gasteiger charge is 2.21. The minimum absolute atomic E-state index is 0.0890. The maximum atomic E-state index is 11.9.